The van der Waals surface area contributed by atoms with Gasteiger partial charge in [-0.05, 0) is 111 Å². The standard InChI is InChI=1S/C74H49N3/c1-3-22-48(23-4-1)73(49-24-5-2-6-25-49)58-32-12-7-29-56(58)70-61(73)35-20-42-68(70)76(51-46-44-50(45-47-51)75-64-38-15-9-26-52(64)53-27-10-16-39-65(53)75)69-43-21-36-62-71(69)57-30-8-13-33-59(57)74(62)60-34-14-18-41-67(60)77-66-40-17-11-28-54(66)55-31-19-37-63(74)72(55)77/h1-47,56,58H. The first-order chi connectivity index (χ1) is 38.3. The summed E-state index contributed by atoms with van der Waals surface area (Å²) in [4.78, 5) is 2.63. The van der Waals surface area contributed by atoms with Crippen LogP contribution in [-0.4, -0.2) is 9.13 Å². The van der Waals surface area contributed by atoms with Gasteiger partial charge in [0, 0.05) is 50.3 Å². The van der Waals surface area contributed by atoms with E-state index in [9.17, 15) is 0 Å². The van der Waals surface area contributed by atoms with E-state index < -0.39 is 10.8 Å². The molecule has 3 heterocycles. The zero-order valence-electron chi connectivity index (χ0n) is 42.1. The first kappa shape index (κ1) is 42.6. The lowest BCUT2D eigenvalue weighted by Crippen LogP contribution is -2.34. The topological polar surface area (TPSA) is 13.1 Å². The van der Waals surface area contributed by atoms with Gasteiger partial charge in [-0.15, -0.1) is 0 Å². The van der Waals surface area contributed by atoms with E-state index in [4.69, 9.17) is 0 Å². The molecule has 3 unspecified atom stereocenters. The van der Waals surface area contributed by atoms with Gasteiger partial charge in [0.15, 0.2) is 0 Å². The fraction of sp³-hybridized carbons (Fsp3) is 0.0541. The molecule has 0 N–H and O–H groups in total. The molecule has 360 valence electrons. The molecule has 0 saturated heterocycles. The van der Waals surface area contributed by atoms with Crippen molar-refractivity contribution in [1.82, 2.24) is 9.13 Å². The van der Waals surface area contributed by atoms with Crippen molar-refractivity contribution >= 4 is 60.7 Å². The molecule has 4 aliphatic rings. The van der Waals surface area contributed by atoms with Crippen molar-refractivity contribution in [3.05, 3.63) is 330 Å². The molecular formula is C74H49N3. The minimum absolute atomic E-state index is 0.0890. The third kappa shape index (κ3) is 5.45. The van der Waals surface area contributed by atoms with Crippen molar-refractivity contribution in [3.63, 3.8) is 0 Å². The summed E-state index contributed by atoms with van der Waals surface area (Å²) in [5.41, 5.74) is 22.7. The van der Waals surface area contributed by atoms with E-state index >= 15 is 0 Å². The smallest absolute Gasteiger partial charge is 0.0755 e. The predicted molar refractivity (Wildman–Crippen MR) is 318 cm³/mol. The molecule has 13 aromatic rings. The van der Waals surface area contributed by atoms with Gasteiger partial charge < -0.3 is 14.0 Å². The lowest BCUT2D eigenvalue weighted by molar-refractivity contribution is 0.457. The lowest BCUT2D eigenvalue weighted by atomic mass is 9.63. The molecule has 2 aromatic heterocycles. The Hall–Kier alpha value is -9.70. The summed E-state index contributed by atoms with van der Waals surface area (Å²) in [6.07, 6.45) is 9.52. The van der Waals surface area contributed by atoms with Crippen molar-refractivity contribution in [3.8, 4) is 22.5 Å². The van der Waals surface area contributed by atoms with Crippen molar-refractivity contribution in [2.45, 2.75) is 16.7 Å². The molecule has 0 saturated carbocycles. The Bertz CT molecular complexity index is 4560. The number of anilines is 3. The maximum absolute atomic E-state index is 2.63. The van der Waals surface area contributed by atoms with Gasteiger partial charge in [-0.25, -0.2) is 0 Å². The maximum atomic E-state index is 2.63. The normalized spacial score (nSPS) is 17.9. The summed E-state index contributed by atoms with van der Waals surface area (Å²) in [6.45, 7) is 0. The van der Waals surface area contributed by atoms with Crippen molar-refractivity contribution < 1.29 is 0 Å². The molecule has 1 aliphatic heterocycles. The molecule has 0 bridgehead atoms. The molecule has 0 fully saturated rings. The Morgan fingerprint density at radius 3 is 1.60 bits per heavy atom. The van der Waals surface area contributed by atoms with Crippen LogP contribution in [0.4, 0.5) is 17.1 Å². The van der Waals surface area contributed by atoms with Gasteiger partial charge in [0.25, 0.3) is 0 Å². The average Bonchev–Trinajstić information content (AvgIpc) is 3.92. The first-order valence-corrected chi connectivity index (χ1v) is 27.1. The van der Waals surface area contributed by atoms with E-state index in [0.717, 1.165) is 17.1 Å². The monoisotopic (exact) mass is 979 g/mol. The van der Waals surface area contributed by atoms with Crippen LogP contribution in [-0.2, 0) is 10.8 Å². The van der Waals surface area contributed by atoms with E-state index in [1.54, 1.807) is 0 Å². The van der Waals surface area contributed by atoms with Gasteiger partial charge >= 0.3 is 0 Å². The molecule has 0 amide bonds. The van der Waals surface area contributed by atoms with Crippen molar-refractivity contribution in [2.75, 3.05) is 4.90 Å². The highest BCUT2D eigenvalue weighted by Crippen LogP contribution is 2.66. The van der Waals surface area contributed by atoms with Crippen molar-refractivity contribution in [1.29, 1.82) is 0 Å². The number of rotatable bonds is 6. The van der Waals surface area contributed by atoms with Crippen LogP contribution in [0.5, 0.6) is 0 Å². The number of allylic oxidation sites excluding steroid dienone is 4. The second-order valence-electron chi connectivity index (χ2n) is 21.4. The number of hydrogen-bond donors (Lipinski definition) is 0. The molecule has 11 aromatic carbocycles. The van der Waals surface area contributed by atoms with E-state index in [1.807, 2.05) is 0 Å². The quantitative estimate of drug-likeness (QED) is 0.162. The fourth-order valence-corrected chi connectivity index (χ4v) is 15.3. The maximum Gasteiger partial charge on any atom is 0.0755 e. The molecule has 3 aliphatic carbocycles. The number of hydrogen-bond acceptors (Lipinski definition) is 1. The lowest BCUT2D eigenvalue weighted by Gasteiger charge is -2.39. The van der Waals surface area contributed by atoms with E-state index in [1.165, 1.54) is 111 Å². The summed E-state index contributed by atoms with van der Waals surface area (Å²) < 4.78 is 4.97. The average molecular weight is 980 g/mol. The number of para-hydroxylation sites is 5. The summed E-state index contributed by atoms with van der Waals surface area (Å²) in [6, 6.07) is 98.4. The van der Waals surface area contributed by atoms with Gasteiger partial charge in [-0.3, -0.25) is 0 Å². The summed E-state index contributed by atoms with van der Waals surface area (Å²) >= 11 is 0. The number of benzene rings is 11. The third-order valence-electron chi connectivity index (χ3n) is 18.1. The molecule has 3 nitrogen and oxygen atoms in total. The summed E-state index contributed by atoms with van der Waals surface area (Å²) in [7, 11) is 0. The van der Waals surface area contributed by atoms with Crippen LogP contribution < -0.4 is 4.90 Å². The van der Waals surface area contributed by atoms with E-state index in [2.05, 4.69) is 299 Å². The fourth-order valence-electron chi connectivity index (χ4n) is 15.3. The van der Waals surface area contributed by atoms with Gasteiger partial charge in [0.2, 0.25) is 0 Å². The SMILES string of the molecule is C1=CC2c3c(N(c4ccc(-n5c6ccccc6c6ccccc65)cc4)c4cccc5c4-c4ccccc4C54c5ccccc5-n5c6ccccc6c6cccc4c65)cccc3C(c3ccccc3)(c3ccccc3)C2C=C1. The van der Waals surface area contributed by atoms with E-state index in [-0.39, 0.29) is 11.8 Å². The molecule has 17 rings (SSSR count). The second-order valence-corrected chi connectivity index (χ2v) is 21.4. The van der Waals surface area contributed by atoms with Crippen LogP contribution >= 0.6 is 0 Å². The predicted octanol–water partition coefficient (Wildman–Crippen LogP) is 18.2. The van der Waals surface area contributed by atoms with Crippen molar-refractivity contribution in [2.24, 2.45) is 5.92 Å². The van der Waals surface area contributed by atoms with Crippen LogP contribution in [0.15, 0.2) is 285 Å². The minimum atomic E-state index is -0.606. The molecule has 3 atom stereocenters. The van der Waals surface area contributed by atoms with Crippen LogP contribution in [0.2, 0.25) is 0 Å². The Kier molecular flexibility index (Phi) is 8.81. The Morgan fingerprint density at radius 2 is 0.883 bits per heavy atom. The first-order valence-electron chi connectivity index (χ1n) is 27.1. The van der Waals surface area contributed by atoms with Crippen LogP contribution in [0.3, 0.4) is 0 Å². The zero-order valence-corrected chi connectivity index (χ0v) is 42.1. The zero-order chi connectivity index (χ0) is 50.4. The highest BCUT2D eigenvalue weighted by Gasteiger charge is 2.55. The molecule has 3 heteroatoms. The molecular weight excluding hydrogens is 931 g/mol. The Labute approximate surface area is 447 Å². The second kappa shape index (κ2) is 15.9. The number of fused-ring (bicyclic) bond motifs is 18. The minimum Gasteiger partial charge on any atom is -0.310 e. The van der Waals surface area contributed by atoms with Gasteiger partial charge in [-0.2, -0.15) is 0 Å². The molecule has 77 heavy (non-hydrogen) atoms. The van der Waals surface area contributed by atoms with Gasteiger partial charge in [0.1, 0.15) is 0 Å². The molecule has 0 radical (unpaired) electrons. The van der Waals surface area contributed by atoms with Crippen LogP contribution in [0.1, 0.15) is 50.4 Å². The van der Waals surface area contributed by atoms with Gasteiger partial charge in [-0.1, -0.05) is 224 Å². The number of nitrogens with zero attached hydrogens (tertiary/aromatic N) is 3. The summed E-state index contributed by atoms with van der Waals surface area (Å²) in [5.74, 6) is 0.218. The van der Waals surface area contributed by atoms with E-state index in [0.29, 0.717) is 0 Å². The Balaban J connectivity index is 0.972. The largest absolute Gasteiger partial charge is 0.310 e. The number of aromatic nitrogens is 2. The molecule has 1 spiro atoms. The van der Waals surface area contributed by atoms with Crippen LogP contribution in [0, 0.1) is 5.92 Å². The Morgan fingerprint density at radius 1 is 0.364 bits per heavy atom. The van der Waals surface area contributed by atoms with Gasteiger partial charge in [0.05, 0.1) is 50.0 Å². The summed E-state index contributed by atoms with van der Waals surface area (Å²) in [5, 5.41) is 5.07. The van der Waals surface area contributed by atoms with Crippen LogP contribution in [0.25, 0.3) is 66.1 Å². The highest BCUT2D eigenvalue weighted by atomic mass is 15.2. The third-order valence-corrected chi connectivity index (χ3v) is 18.1. The highest BCUT2D eigenvalue weighted by molar-refractivity contribution is 6.13.